The summed E-state index contributed by atoms with van der Waals surface area (Å²) in [6.45, 7) is 9.87. The molecule has 1 aliphatic rings. The molecule has 1 rings (SSSR count). The molecular weight excluding hydrogens is 224 g/mol. The Kier molecular flexibility index (Phi) is 5.21. The van der Waals surface area contributed by atoms with Crippen molar-refractivity contribution in [1.29, 1.82) is 0 Å². The molecule has 16 heavy (non-hydrogen) atoms. The van der Waals surface area contributed by atoms with Gasteiger partial charge in [-0.25, -0.2) is 8.42 Å². The lowest BCUT2D eigenvalue weighted by atomic mass is 10.2. The Morgan fingerprint density at radius 1 is 1.12 bits per heavy atom. The van der Waals surface area contributed by atoms with Crippen LogP contribution in [-0.2, 0) is 9.84 Å². The summed E-state index contributed by atoms with van der Waals surface area (Å²) in [5.74, 6) is 1.30. The lowest BCUT2D eigenvalue weighted by Crippen LogP contribution is -2.48. The fraction of sp³-hybridized carbons (Fsp3) is 1.00. The van der Waals surface area contributed by atoms with Crippen LogP contribution >= 0.6 is 0 Å². The molecule has 0 radical (unpaired) electrons. The SMILES string of the molecule is CC(C)CNCC(C)N1CCS(=O)(=O)CC1. The summed E-state index contributed by atoms with van der Waals surface area (Å²) in [6, 6.07) is 0.425. The van der Waals surface area contributed by atoms with E-state index in [-0.39, 0.29) is 0 Å². The number of sulfone groups is 1. The van der Waals surface area contributed by atoms with E-state index in [1.807, 2.05) is 0 Å². The molecule has 96 valence electrons. The van der Waals surface area contributed by atoms with Gasteiger partial charge in [0.15, 0.2) is 9.84 Å². The van der Waals surface area contributed by atoms with E-state index in [2.05, 4.69) is 31.0 Å². The molecule has 0 spiro atoms. The molecule has 1 fully saturated rings. The van der Waals surface area contributed by atoms with E-state index in [1.165, 1.54) is 0 Å². The second-order valence-electron chi connectivity index (χ2n) is 5.09. The van der Waals surface area contributed by atoms with Gasteiger partial charge in [-0.1, -0.05) is 13.8 Å². The molecule has 0 bridgehead atoms. The van der Waals surface area contributed by atoms with Crippen molar-refractivity contribution in [3.05, 3.63) is 0 Å². The van der Waals surface area contributed by atoms with Crippen molar-refractivity contribution in [2.75, 3.05) is 37.7 Å². The molecule has 1 unspecified atom stereocenters. The van der Waals surface area contributed by atoms with Gasteiger partial charge < -0.3 is 5.32 Å². The zero-order valence-corrected chi connectivity index (χ0v) is 11.4. The van der Waals surface area contributed by atoms with Gasteiger partial charge in [-0.3, -0.25) is 4.90 Å². The summed E-state index contributed by atoms with van der Waals surface area (Å²) in [4.78, 5) is 2.26. The number of nitrogens with zero attached hydrogens (tertiary/aromatic N) is 1. The van der Waals surface area contributed by atoms with E-state index in [9.17, 15) is 8.42 Å². The van der Waals surface area contributed by atoms with Crippen LogP contribution in [0.3, 0.4) is 0 Å². The highest BCUT2D eigenvalue weighted by Gasteiger charge is 2.24. The second-order valence-corrected chi connectivity index (χ2v) is 7.39. The average molecular weight is 248 g/mol. The largest absolute Gasteiger partial charge is 0.315 e. The normalized spacial score (nSPS) is 23.5. The molecule has 0 aliphatic carbocycles. The monoisotopic (exact) mass is 248 g/mol. The topological polar surface area (TPSA) is 49.4 Å². The molecule has 0 amide bonds. The van der Waals surface area contributed by atoms with Crippen LogP contribution in [-0.4, -0.2) is 57.0 Å². The van der Waals surface area contributed by atoms with Gasteiger partial charge in [0.25, 0.3) is 0 Å². The minimum atomic E-state index is -2.75. The predicted molar refractivity (Wildman–Crippen MR) is 67.4 cm³/mol. The highest BCUT2D eigenvalue weighted by atomic mass is 32.2. The minimum Gasteiger partial charge on any atom is -0.315 e. The Hall–Kier alpha value is -0.130. The molecule has 0 aromatic rings. The number of hydrogen-bond acceptors (Lipinski definition) is 4. The lowest BCUT2D eigenvalue weighted by molar-refractivity contribution is 0.219. The molecule has 1 N–H and O–H groups in total. The quantitative estimate of drug-likeness (QED) is 0.763. The summed E-state index contributed by atoms with van der Waals surface area (Å²) in [5, 5.41) is 3.41. The van der Waals surface area contributed by atoms with Gasteiger partial charge in [0, 0.05) is 25.7 Å². The van der Waals surface area contributed by atoms with Crippen molar-refractivity contribution < 1.29 is 8.42 Å². The van der Waals surface area contributed by atoms with Crippen LogP contribution in [0.5, 0.6) is 0 Å². The average Bonchev–Trinajstić information content (AvgIpc) is 2.16. The third-order valence-electron chi connectivity index (χ3n) is 2.99. The predicted octanol–water partition coefficient (Wildman–Crippen LogP) is 0.351. The Morgan fingerprint density at radius 3 is 2.19 bits per heavy atom. The van der Waals surface area contributed by atoms with Crippen molar-refractivity contribution in [3.8, 4) is 0 Å². The van der Waals surface area contributed by atoms with Crippen LogP contribution in [0.1, 0.15) is 20.8 Å². The second kappa shape index (κ2) is 5.98. The molecule has 0 aromatic carbocycles. The van der Waals surface area contributed by atoms with Crippen LogP contribution in [0.25, 0.3) is 0 Å². The zero-order valence-electron chi connectivity index (χ0n) is 10.6. The third kappa shape index (κ3) is 4.80. The van der Waals surface area contributed by atoms with Crippen molar-refractivity contribution in [2.45, 2.75) is 26.8 Å². The van der Waals surface area contributed by atoms with Gasteiger partial charge in [-0.2, -0.15) is 0 Å². The van der Waals surface area contributed by atoms with Crippen LogP contribution in [0, 0.1) is 5.92 Å². The first-order valence-corrected chi connectivity index (χ1v) is 7.88. The van der Waals surface area contributed by atoms with E-state index in [0.717, 1.165) is 13.1 Å². The molecular formula is C11H24N2O2S. The fourth-order valence-electron chi connectivity index (χ4n) is 1.88. The van der Waals surface area contributed by atoms with Crippen LogP contribution in [0.4, 0.5) is 0 Å². The maximum atomic E-state index is 11.3. The van der Waals surface area contributed by atoms with E-state index in [4.69, 9.17) is 0 Å². The molecule has 4 nitrogen and oxygen atoms in total. The van der Waals surface area contributed by atoms with E-state index in [0.29, 0.717) is 36.6 Å². The molecule has 1 atom stereocenters. The van der Waals surface area contributed by atoms with Crippen LogP contribution in [0.15, 0.2) is 0 Å². The first kappa shape index (κ1) is 13.9. The standard InChI is InChI=1S/C11H24N2O2S/c1-10(2)8-12-9-11(3)13-4-6-16(14,15)7-5-13/h10-12H,4-9H2,1-3H3. The summed E-state index contributed by atoms with van der Waals surface area (Å²) in [6.07, 6.45) is 0. The lowest BCUT2D eigenvalue weighted by Gasteiger charge is -2.32. The van der Waals surface area contributed by atoms with E-state index in [1.54, 1.807) is 0 Å². The highest BCUT2D eigenvalue weighted by Crippen LogP contribution is 2.07. The van der Waals surface area contributed by atoms with E-state index < -0.39 is 9.84 Å². The fourth-order valence-corrected chi connectivity index (χ4v) is 3.11. The van der Waals surface area contributed by atoms with Gasteiger partial charge >= 0.3 is 0 Å². The zero-order chi connectivity index (χ0) is 12.2. The summed E-state index contributed by atoms with van der Waals surface area (Å²) in [7, 11) is -2.75. The Morgan fingerprint density at radius 2 is 1.69 bits per heavy atom. The highest BCUT2D eigenvalue weighted by molar-refractivity contribution is 7.91. The van der Waals surface area contributed by atoms with Crippen molar-refractivity contribution in [3.63, 3.8) is 0 Å². The van der Waals surface area contributed by atoms with Gasteiger partial charge in [0.05, 0.1) is 11.5 Å². The molecule has 5 heteroatoms. The summed E-state index contributed by atoms with van der Waals surface area (Å²) in [5.41, 5.74) is 0. The van der Waals surface area contributed by atoms with Gasteiger partial charge in [0.1, 0.15) is 0 Å². The maximum Gasteiger partial charge on any atom is 0.152 e. The van der Waals surface area contributed by atoms with E-state index >= 15 is 0 Å². The Bertz CT molecular complexity index is 287. The van der Waals surface area contributed by atoms with Gasteiger partial charge in [-0.05, 0) is 19.4 Å². The number of rotatable bonds is 5. The molecule has 1 aliphatic heterocycles. The maximum absolute atomic E-state index is 11.3. The molecule has 0 aromatic heterocycles. The minimum absolute atomic E-state index is 0.321. The first-order chi connectivity index (χ1) is 7.41. The number of hydrogen-bond donors (Lipinski definition) is 1. The molecule has 1 saturated heterocycles. The van der Waals surface area contributed by atoms with Crippen molar-refractivity contribution in [2.24, 2.45) is 5.92 Å². The Labute approximate surface area is 99.3 Å². The summed E-state index contributed by atoms with van der Waals surface area (Å²) < 4.78 is 22.6. The van der Waals surface area contributed by atoms with Crippen LogP contribution in [0.2, 0.25) is 0 Å². The summed E-state index contributed by atoms with van der Waals surface area (Å²) >= 11 is 0. The van der Waals surface area contributed by atoms with Gasteiger partial charge in [-0.15, -0.1) is 0 Å². The first-order valence-electron chi connectivity index (χ1n) is 6.06. The molecule has 1 heterocycles. The molecule has 0 saturated carbocycles. The van der Waals surface area contributed by atoms with Crippen molar-refractivity contribution in [1.82, 2.24) is 10.2 Å². The van der Waals surface area contributed by atoms with Crippen LogP contribution < -0.4 is 5.32 Å². The smallest absolute Gasteiger partial charge is 0.152 e. The van der Waals surface area contributed by atoms with Gasteiger partial charge in [0.2, 0.25) is 0 Å². The number of nitrogens with one attached hydrogen (secondary N) is 1. The van der Waals surface area contributed by atoms with Crippen molar-refractivity contribution >= 4 is 9.84 Å². The Balaban J connectivity index is 2.25. The third-order valence-corrected chi connectivity index (χ3v) is 4.60.